The van der Waals surface area contributed by atoms with Gasteiger partial charge in [0.05, 0.1) is 24.1 Å². The molecule has 0 aromatic heterocycles. The first-order valence-corrected chi connectivity index (χ1v) is 21.2. The number of aliphatic hydroxyl groups excluding tert-OH is 2. The van der Waals surface area contributed by atoms with Crippen molar-refractivity contribution in [2.24, 2.45) is 0 Å². The summed E-state index contributed by atoms with van der Waals surface area (Å²) < 4.78 is 5.05. The predicted octanol–water partition coefficient (Wildman–Crippen LogP) is 4.20. The van der Waals surface area contributed by atoms with Gasteiger partial charge in [0.1, 0.15) is 17.8 Å². The molecule has 0 saturated carbocycles. The maximum Gasteiger partial charge on any atom is 0.258 e. The highest BCUT2D eigenvalue weighted by Gasteiger charge is 2.51. The Morgan fingerprint density at radius 3 is 2.33 bits per heavy atom. The molecule has 300 valence electrons. The molecule has 1 saturated heterocycles. The summed E-state index contributed by atoms with van der Waals surface area (Å²) in [6.07, 6.45) is -0.254. The van der Waals surface area contributed by atoms with E-state index in [9.17, 15) is 29.4 Å². The van der Waals surface area contributed by atoms with Crippen molar-refractivity contribution in [2.75, 3.05) is 29.8 Å². The molecule has 4 amide bonds. The van der Waals surface area contributed by atoms with Gasteiger partial charge in [-0.25, -0.2) is 0 Å². The molecule has 0 radical (unpaired) electrons. The van der Waals surface area contributed by atoms with Gasteiger partial charge in [0, 0.05) is 34.4 Å². The van der Waals surface area contributed by atoms with Crippen LogP contribution in [0.3, 0.4) is 0 Å². The minimum Gasteiger partial charge on any atom is -0.484 e. The van der Waals surface area contributed by atoms with Crippen molar-refractivity contribution in [3.63, 3.8) is 0 Å². The highest BCUT2D eigenvalue weighted by molar-refractivity contribution is 8.00. The van der Waals surface area contributed by atoms with Gasteiger partial charge in [-0.3, -0.25) is 19.2 Å². The molecule has 4 aromatic carbocycles. The third-order valence-corrected chi connectivity index (χ3v) is 12.1. The molecule has 1 aliphatic heterocycles. The molecule has 1 heterocycles. The Morgan fingerprint density at radius 1 is 0.912 bits per heavy atom. The van der Waals surface area contributed by atoms with Gasteiger partial charge in [-0.05, 0) is 67.5 Å². The molecular formula is C43H49N5O7S2. The average molecular weight is 812 g/mol. The number of thioether (sulfide) groups is 2. The molecular weight excluding hydrogens is 763 g/mol. The van der Waals surface area contributed by atoms with Crippen molar-refractivity contribution in [2.45, 2.75) is 67.8 Å². The number of ether oxygens (including phenoxy) is 1. The number of nitrogens with one attached hydrogen (secondary N) is 4. The topological polar surface area (TPSA) is 169 Å². The zero-order chi connectivity index (χ0) is 40.5. The predicted molar refractivity (Wildman–Crippen MR) is 224 cm³/mol. The van der Waals surface area contributed by atoms with Gasteiger partial charge < -0.3 is 41.1 Å². The first-order chi connectivity index (χ1) is 27.4. The van der Waals surface area contributed by atoms with Crippen LogP contribution in [-0.4, -0.2) is 98.3 Å². The Kier molecular flexibility index (Phi) is 13.8. The van der Waals surface area contributed by atoms with Gasteiger partial charge in [0.2, 0.25) is 11.8 Å². The van der Waals surface area contributed by atoms with Crippen molar-refractivity contribution in [3.8, 4) is 5.75 Å². The summed E-state index contributed by atoms with van der Waals surface area (Å²) in [4.78, 5) is 56.7. The van der Waals surface area contributed by atoms with E-state index >= 15 is 0 Å². The number of carbonyl (C=O) groups excluding carboxylic acids is 4. The number of nitrogens with zero attached hydrogens (tertiary/aromatic N) is 1. The Labute approximate surface area is 341 Å². The summed E-state index contributed by atoms with van der Waals surface area (Å²) in [7, 11) is 0. The number of hydrogen-bond donors (Lipinski definition) is 6. The molecule has 0 spiro atoms. The fourth-order valence-corrected chi connectivity index (χ4v) is 8.92. The first kappa shape index (κ1) is 41.6. The number of rotatable bonds is 16. The quantitative estimate of drug-likeness (QED) is 0.0965. The van der Waals surface area contributed by atoms with Crippen molar-refractivity contribution in [1.29, 1.82) is 0 Å². The number of amides is 4. The van der Waals surface area contributed by atoms with E-state index in [2.05, 4.69) is 21.3 Å². The molecule has 0 bridgehead atoms. The van der Waals surface area contributed by atoms with Crippen LogP contribution in [0.15, 0.2) is 109 Å². The minimum atomic E-state index is -1.73. The Morgan fingerprint density at radius 2 is 1.60 bits per heavy atom. The monoisotopic (exact) mass is 811 g/mol. The number of fused-ring (bicyclic) bond motifs is 1. The van der Waals surface area contributed by atoms with Crippen molar-refractivity contribution >= 4 is 58.5 Å². The molecule has 12 nitrogen and oxygen atoms in total. The molecule has 1 fully saturated rings. The zero-order valence-electron chi connectivity index (χ0n) is 32.1. The summed E-state index contributed by atoms with van der Waals surface area (Å²) in [5.41, 5.74) is 4.21. The van der Waals surface area contributed by atoms with Gasteiger partial charge in [-0.15, -0.1) is 11.8 Å². The van der Waals surface area contributed by atoms with E-state index < -0.39 is 64.8 Å². The minimum absolute atomic E-state index is 0.0994. The molecule has 57 heavy (non-hydrogen) atoms. The van der Waals surface area contributed by atoms with Gasteiger partial charge >= 0.3 is 0 Å². The van der Waals surface area contributed by atoms with Crippen LogP contribution in [0.2, 0.25) is 0 Å². The lowest BCUT2D eigenvalue weighted by atomic mass is 9.96. The molecule has 14 heteroatoms. The van der Waals surface area contributed by atoms with Gasteiger partial charge in [-0.2, -0.15) is 11.8 Å². The fourth-order valence-electron chi connectivity index (χ4n) is 7.21. The van der Waals surface area contributed by atoms with E-state index in [4.69, 9.17) is 4.74 Å². The van der Waals surface area contributed by atoms with Crippen LogP contribution in [0.25, 0.3) is 0 Å². The lowest BCUT2D eigenvalue weighted by Crippen LogP contribution is -2.60. The van der Waals surface area contributed by atoms with Crippen LogP contribution in [0.5, 0.6) is 5.75 Å². The number of anilines is 2. The summed E-state index contributed by atoms with van der Waals surface area (Å²) >= 11 is 2.75. The highest BCUT2D eigenvalue weighted by Crippen LogP contribution is 2.41. The van der Waals surface area contributed by atoms with E-state index in [1.165, 1.54) is 28.4 Å². The second-order valence-electron chi connectivity index (χ2n) is 14.7. The zero-order valence-corrected chi connectivity index (χ0v) is 33.7. The molecule has 1 aliphatic carbocycles. The maximum absolute atomic E-state index is 14.3. The molecule has 4 aromatic rings. The molecule has 2 aliphatic rings. The summed E-state index contributed by atoms with van der Waals surface area (Å²) in [5.74, 6) is -1.47. The van der Waals surface area contributed by atoms with Crippen LogP contribution >= 0.6 is 23.5 Å². The Balaban J connectivity index is 1.13. The summed E-state index contributed by atoms with van der Waals surface area (Å²) in [6, 6.07) is 29.8. The van der Waals surface area contributed by atoms with Crippen molar-refractivity contribution in [3.05, 3.63) is 126 Å². The molecule has 6 N–H and O–H groups in total. The number of hydrogen-bond acceptors (Lipinski definition) is 10. The van der Waals surface area contributed by atoms with Crippen LogP contribution in [0.1, 0.15) is 36.6 Å². The lowest BCUT2D eigenvalue weighted by Gasteiger charge is -2.34. The second-order valence-corrected chi connectivity index (χ2v) is 17.2. The molecule has 6 rings (SSSR count). The average Bonchev–Trinajstić information content (AvgIpc) is 3.70. The van der Waals surface area contributed by atoms with Gasteiger partial charge in [0.25, 0.3) is 11.8 Å². The fraction of sp³-hybridized carbons (Fsp3) is 0.349. The Bertz CT molecular complexity index is 2020. The van der Waals surface area contributed by atoms with Crippen LogP contribution < -0.4 is 26.0 Å². The van der Waals surface area contributed by atoms with Gasteiger partial charge in [0.15, 0.2) is 12.7 Å². The largest absolute Gasteiger partial charge is 0.484 e. The second kappa shape index (κ2) is 18.9. The third-order valence-electron chi connectivity index (χ3n) is 10.1. The van der Waals surface area contributed by atoms with E-state index in [1.54, 1.807) is 24.5 Å². The lowest BCUT2D eigenvalue weighted by molar-refractivity contribution is -0.148. The van der Waals surface area contributed by atoms with Crippen molar-refractivity contribution in [1.82, 2.24) is 20.9 Å². The maximum atomic E-state index is 14.3. The van der Waals surface area contributed by atoms with Gasteiger partial charge in [-0.1, -0.05) is 78.9 Å². The SMILES string of the molecule is CSCC(NC(=O)COc1cccc(Nc2ccccc2)c1)C(=O)NC(Cc1ccccc1)C(O)C(=O)N1CSC(C)(C)C1C(=O)NC1c2ccccc2CC1O. The number of para-hydroxylation sites is 1. The molecule has 6 atom stereocenters. The summed E-state index contributed by atoms with van der Waals surface area (Å²) in [5, 5.41) is 34.5. The number of benzene rings is 4. The van der Waals surface area contributed by atoms with Crippen molar-refractivity contribution < 1.29 is 34.1 Å². The highest BCUT2D eigenvalue weighted by atomic mass is 32.2. The number of aliphatic hydroxyl groups is 2. The third kappa shape index (κ3) is 10.5. The van der Waals surface area contributed by atoms with Crippen LogP contribution in [-0.2, 0) is 32.0 Å². The van der Waals surface area contributed by atoms with E-state index in [-0.39, 0.29) is 24.7 Å². The van der Waals surface area contributed by atoms with Crippen LogP contribution in [0, 0.1) is 0 Å². The smallest absolute Gasteiger partial charge is 0.258 e. The van der Waals surface area contributed by atoms with E-state index in [0.29, 0.717) is 12.2 Å². The number of carbonyl (C=O) groups is 4. The first-order valence-electron chi connectivity index (χ1n) is 18.8. The van der Waals surface area contributed by atoms with E-state index in [0.717, 1.165) is 28.1 Å². The van der Waals surface area contributed by atoms with Crippen LogP contribution in [0.4, 0.5) is 11.4 Å². The van der Waals surface area contributed by atoms with E-state index in [1.807, 2.05) is 105 Å². The normalized spacial score (nSPS) is 19.7. The standard InChI is InChI=1S/C43H49N5O7S2/c1-43(2)39(41(53)47-37-32-20-11-10-15-28(32)22-35(37)49)48(26-57-43)42(54)38(51)33(21-27-13-6-4-7-14-27)46-40(52)34(25-56-3)45-36(50)24-55-31-19-12-18-30(23-31)44-29-16-8-5-9-17-29/h4-20,23,33-35,37-39,44,49,51H,21-22,24-26H2,1-3H3,(H,45,50)(H,46,52)(H,47,53). The molecule has 6 unspecified atom stereocenters. The summed E-state index contributed by atoms with van der Waals surface area (Å²) in [6.45, 7) is 3.37. The Hall–Kier alpha value is -5.02.